The number of hydrogen-bond donors (Lipinski definition) is 0. The second-order valence-corrected chi connectivity index (χ2v) is 6.61. The molecule has 1 aliphatic carbocycles. The molecular formula is C24H12N4. The van der Waals surface area contributed by atoms with Gasteiger partial charge < -0.3 is 0 Å². The fourth-order valence-electron chi connectivity index (χ4n) is 3.90. The van der Waals surface area contributed by atoms with E-state index in [9.17, 15) is 10.5 Å². The first-order chi connectivity index (χ1) is 13.8. The molecule has 4 aromatic carbocycles. The van der Waals surface area contributed by atoms with Gasteiger partial charge in [0, 0.05) is 22.3 Å². The summed E-state index contributed by atoms with van der Waals surface area (Å²) in [5, 5.41) is 22.9. The van der Waals surface area contributed by atoms with E-state index in [2.05, 4.69) is 9.98 Å². The third-order valence-corrected chi connectivity index (χ3v) is 5.12. The smallest absolute Gasteiger partial charge is 0.172 e. The lowest BCUT2D eigenvalue weighted by atomic mass is 9.80. The quantitative estimate of drug-likeness (QED) is 0.369. The largest absolute Gasteiger partial charge is 0.206 e. The van der Waals surface area contributed by atoms with Crippen molar-refractivity contribution >= 4 is 33.0 Å². The Bertz CT molecular complexity index is 1230. The minimum Gasteiger partial charge on any atom is -0.172 e. The molecule has 4 nitrogen and oxygen atoms in total. The van der Waals surface area contributed by atoms with Crippen molar-refractivity contribution in [2.24, 2.45) is 9.98 Å². The Morgan fingerprint density at radius 3 is 1.04 bits per heavy atom. The lowest BCUT2D eigenvalue weighted by Crippen LogP contribution is -2.22. The first kappa shape index (κ1) is 15.9. The van der Waals surface area contributed by atoms with Gasteiger partial charge in [-0.15, -0.1) is 0 Å². The highest BCUT2D eigenvalue weighted by molar-refractivity contribution is 6.33. The summed E-state index contributed by atoms with van der Waals surface area (Å²) < 4.78 is 0. The number of hydrogen-bond acceptors (Lipinski definition) is 4. The third-order valence-electron chi connectivity index (χ3n) is 5.12. The minimum atomic E-state index is 0.612. The molecule has 0 radical (unpaired) electrons. The van der Waals surface area contributed by atoms with Gasteiger partial charge in [-0.1, -0.05) is 48.5 Å². The monoisotopic (exact) mass is 356 g/mol. The van der Waals surface area contributed by atoms with Crippen molar-refractivity contribution in [3.63, 3.8) is 0 Å². The van der Waals surface area contributed by atoms with Crippen LogP contribution in [0.4, 0.5) is 0 Å². The molecule has 0 saturated heterocycles. The van der Waals surface area contributed by atoms with Gasteiger partial charge in [-0.25, -0.2) is 0 Å². The summed E-state index contributed by atoms with van der Waals surface area (Å²) in [7, 11) is 0. The topological polar surface area (TPSA) is 72.3 Å². The van der Waals surface area contributed by atoms with Crippen molar-refractivity contribution in [2.45, 2.75) is 0 Å². The molecule has 0 saturated carbocycles. The van der Waals surface area contributed by atoms with Crippen molar-refractivity contribution in [3.05, 3.63) is 95.1 Å². The van der Waals surface area contributed by atoms with Crippen molar-refractivity contribution in [2.75, 3.05) is 0 Å². The predicted octanol–water partition coefficient (Wildman–Crippen LogP) is 4.94. The van der Waals surface area contributed by atoms with E-state index < -0.39 is 0 Å². The maximum absolute atomic E-state index is 9.35. The summed E-state index contributed by atoms with van der Waals surface area (Å²) in [5.74, 6) is 0. The average molecular weight is 356 g/mol. The van der Waals surface area contributed by atoms with Gasteiger partial charge in [-0.3, -0.25) is 0 Å². The van der Waals surface area contributed by atoms with Crippen LogP contribution in [0.5, 0.6) is 0 Å². The van der Waals surface area contributed by atoms with Gasteiger partial charge in [0.05, 0.1) is 11.4 Å². The lowest BCUT2D eigenvalue weighted by molar-refractivity contribution is 1.39. The normalized spacial score (nSPS) is 12.1. The standard InChI is InChI=1S/C24H12N4/c25-13-27-23-19-9-15-5-1-2-6-16(15)10-20(19)24(28-14-26)22-12-18-8-4-3-7-17(18)11-21(22)23/h1-12H. The van der Waals surface area contributed by atoms with E-state index in [0.717, 1.165) is 43.8 Å². The van der Waals surface area contributed by atoms with Crippen LogP contribution in [0.1, 0.15) is 22.3 Å². The van der Waals surface area contributed by atoms with Crippen LogP contribution in [0.2, 0.25) is 0 Å². The molecule has 5 rings (SSSR count). The number of benzene rings is 4. The molecule has 128 valence electrons. The third kappa shape index (κ3) is 2.30. The van der Waals surface area contributed by atoms with E-state index in [1.165, 1.54) is 0 Å². The molecule has 1 aliphatic rings. The molecule has 0 amide bonds. The molecule has 0 aromatic heterocycles. The number of fused-ring (bicyclic) bond motifs is 4. The Morgan fingerprint density at radius 1 is 0.500 bits per heavy atom. The van der Waals surface area contributed by atoms with Gasteiger partial charge in [-0.2, -0.15) is 20.5 Å². The fraction of sp³-hybridized carbons (Fsp3) is 0. The van der Waals surface area contributed by atoms with E-state index in [4.69, 9.17) is 0 Å². The molecule has 0 fully saturated rings. The van der Waals surface area contributed by atoms with Crippen molar-refractivity contribution in [1.82, 2.24) is 0 Å². The van der Waals surface area contributed by atoms with E-state index in [1.54, 1.807) is 0 Å². The van der Waals surface area contributed by atoms with Gasteiger partial charge in [0.2, 0.25) is 12.4 Å². The second-order valence-electron chi connectivity index (χ2n) is 6.61. The zero-order valence-electron chi connectivity index (χ0n) is 14.7. The number of nitrogens with zero attached hydrogens (tertiary/aromatic N) is 4. The van der Waals surface area contributed by atoms with Crippen LogP contribution in [-0.2, 0) is 0 Å². The Balaban J connectivity index is 1.94. The zero-order chi connectivity index (χ0) is 19.1. The van der Waals surface area contributed by atoms with Crippen LogP contribution in [0.25, 0.3) is 21.5 Å². The van der Waals surface area contributed by atoms with Crippen molar-refractivity contribution < 1.29 is 0 Å². The highest BCUT2D eigenvalue weighted by atomic mass is 14.8. The molecule has 0 N–H and O–H groups in total. The minimum absolute atomic E-state index is 0.612. The van der Waals surface area contributed by atoms with E-state index in [0.29, 0.717) is 11.4 Å². The molecule has 4 aromatic rings. The van der Waals surface area contributed by atoms with Gasteiger partial charge >= 0.3 is 0 Å². The summed E-state index contributed by atoms with van der Waals surface area (Å²) in [5.41, 5.74) is 4.49. The number of nitriles is 2. The first-order valence-electron chi connectivity index (χ1n) is 8.81. The summed E-state index contributed by atoms with van der Waals surface area (Å²) in [6.45, 7) is 0. The maximum atomic E-state index is 9.35. The van der Waals surface area contributed by atoms with Gasteiger partial charge in [0.15, 0.2) is 0 Å². The van der Waals surface area contributed by atoms with Crippen LogP contribution < -0.4 is 0 Å². The molecule has 0 aliphatic heterocycles. The summed E-state index contributed by atoms with van der Waals surface area (Å²) >= 11 is 0. The molecular weight excluding hydrogens is 344 g/mol. The molecule has 0 bridgehead atoms. The first-order valence-corrected chi connectivity index (χ1v) is 8.81. The molecule has 28 heavy (non-hydrogen) atoms. The van der Waals surface area contributed by atoms with Crippen LogP contribution in [0.15, 0.2) is 82.8 Å². The average Bonchev–Trinajstić information content (AvgIpc) is 2.74. The Morgan fingerprint density at radius 2 is 0.786 bits per heavy atom. The predicted molar refractivity (Wildman–Crippen MR) is 110 cm³/mol. The van der Waals surface area contributed by atoms with Crippen LogP contribution in [-0.4, -0.2) is 11.4 Å². The van der Waals surface area contributed by atoms with Crippen molar-refractivity contribution in [3.8, 4) is 12.4 Å². The Labute approximate surface area is 161 Å². The second kappa shape index (κ2) is 6.16. The van der Waals surface area contributed by atoms with E-state index >= 15 is 0 Å². The van der Waals surface area contributed by atoms with E-state index in [1.807, 2.05) is 85.2 Å². The van der Waals surface area contributed by atoms with Crippen LogP contribution >= 0.6 is 0 Å². The molecule has 0 spiro atoms. The highest BCUT2D eigenvalue weighted by Crippen LogP contribution is 2.34. The van der Waals surface area contributed by atoms with Crippen molar-refractivity contribution in [1.29, 1.82) is 10.5 Å². The Kier molecular flexibility index (Phi) is 3.50. The number of rotatable bonds is 0. The molecule has 0 unspecified atom stereocenters. The highest BCUT2D eigenvalue weighted by Gasteiger charge is 2.28. The van der Waals surface area contributed by atoms with Gasteiger partial charge in [0.1, 0.15) is 0 Å². The zero-order valence-corrected chi connectivity index (χ0v) is 14.7. The SMILES string of the molecule is N#CN=C1c2cc3ccccc3cc2C(=NC#N)c2cc3ccccc3cc21. The maximum Gasteiger partial charge on any atom is 0.206 e. The van der Waals surface area contributed by atoms with E-state index in [-0.39, 0.29) is 0 Å². The lowest BCUT2D eigenvalue weighted by Gasteiger charge is -2.23. The summed E-state index contributed by atoms with van der Waals surface area (Å²) in [6.07, 6.45) is 3.89. The molecule has 0 heterocycles. The van der Waals surface area contributed by atoms with Gasteiger partial charge in [-0.05, 0) is 45.8 Å². The summed E-state index contributed by atoms with van der Waals surface area (Å²) in [6, 6.07) is 24.1. The van der Waals surface area contributed by atoms with Crippen LogP contribution in [0, 0.1) is 22.9 Å². The number of aliphatic imine (C=N–C) groups is 2. The summed E-state index contributed by atoms with van der Waals surface area (Å²) in [4.78, 5) is 8.32. The molecule has 4 heteroatoms. The van der Waals surface area contributed by atoms with Crippen LogP contribution in [0.3, 0.4) is 0 Å². The fourth-order valence-corrected chi connectivity index (χ4v) is 3.90. The van der Waals surface area contributed by atoms with Gasteiger partial charge in [0.25, 0.3) is 0 Å². The molecule has 0 atom stereocenters. The Hall–Kier alpha value is -4.28.